The van der Waals surface area contributed by atoms with Crippen LogP contribution in [0.1, 0.15) is 124 Å². The van der Waals surface area contributed by atoms with Crippen molar-refractivity contribution in [3.8, 4) is 46.0 Å². The number of benzene rings is 7. The van der Waals surface area contributed by atoms with Crippen molar-refractivity contribution < 1.29 is 38.1 Å². The SMILES string of the molecule is CCC(CC)(NC(=O)c1ccc(Oc2ccc(C(C)(C)c3ccc(Oc4ccc(C=O)c(C(=O)Nc5ccc(Oc6cccc(Oc7ccc(C(C)C)cc7)c6)cc5)c4)cc3)cc2)cc1C=O)c1nc[nH]n1. The Balaban J connectivity index is 0.865. The minimum absolute atomic E-state index is 0.155. The maximum Gasteiger partial charge on any atom is 0.256 e. The van der Waals surface area contributed by atoms with Gasteiger partial charge in [0.15, 0.2) is 18.4 Å². The van der Waals surface area contributed by atoms with Crippen LogP contribution in [0, 0.1) is 0 Å². The zero-order valence-electron chi connectivity index (χ0n) is 40.9. The quantitative estimate of drug-likeness (QED) is 0.0625. The molecular formula is C59H55N5O8. The lowest BCUT2D eigenvalue weighted by molar-refractivity contribution is 0.0879. The molecule has 0 fully saturated rings. The highest BCUT2D eigenvalue weighted by molar-refractivity contribution is 6.09. The Kier molecular flexibility index (Phi) is 15.0. The van der Waals surface area contributed by atoms with E-state index in [2.05, 4.69) is 65.6 Å². The Labute approximate surface area is 418 Å². The Morgan fingerprint density at radius 1 is 0.569 bits per heavy atom. The molecule has 0 saturated heterocycles. The first-order chi connectivity index (χ1) is 34.8. The fourth-order valence-corrected chi connectivity index (χ4v) is 8.25. The fourth-order valence-electron chi connectivity index (χ4n) is 8.25. The molecule has 0 radical (unpaired) electrons. The zero-order valence-corrected chi connectivity index (χ0v) is 40.9. The first kappa shape index (κ1) is 49.6. The molecule has 0 atom stereocenters. The lowest BCUT2D eigenvalue weighted by atomic mass is 9.78. The Morgan fingerprint density at radius 2 is 1.06 bits per heavy atom. The van der Waals surface area contributed by atoms with Gasteiger partial charge in [-0.15, -0.1) is 0 Å². The lowest BCUT2D eigenvalue weighted by Crippen LogP contribution is -2.46. The van der Waals surface area contributed by atoms with Gasteiger partial charge in [0.1, 0.15) is 57.9 Å². The second kappa shape index (κ2) is 21.8. The molecule has 364 valence electrons. The molecule has 7 aromatic carbocycles. The van der Waals surface area contributed by atoms with Crippen molar-refractivity contribution in [3.63, 3.8) is 0 Å². The molecule has 8 rings (SSSR count). The van der Waals surface area contributed by atoms with Gasteiger partial charge in [-0.05, 0) is 145 Å². The minimum atomic E-state index is -0.794. The fraction of sp³-hybridized carbons (Fsp3) is 0.186. The molecule has 0 aliphatic carbocycles. The topological polar surface area (TPSA) is 171 Å². The normalized spacial score (nSPS) is 11.4. The number of H-pyrrole nitrogens is 1. The highest BCUT2D eigenvalue weighted by Gasteiger charge is 2.35. The predicted octanol–water partition coefficient (Wildman–Crippen LogP) is 13.7. The summed E-state index contributed by atoms with van der Waals surface area (Å²) in [5, 5.41) is 12.8. The van der Waals surface area contributed by atoms with Crippen LogP contribution < -0.4 is 29.6 Å². The Bertz CT molecular complexity index is 3170. The van der Waals surface area contributed by atoms with Crippen molar-refractivity contribution >= 4 is 30.1 Å². The summed E-state index contributed by atoms with van der Waals surface area (Å²) in [4.78, 5) is 55.5. The highest BCUT2D eigenvalue weighted by Crippen LogP contribution is 2.36. The van der Waals surface area contributed by atoms with Gasteiger partial charge in [-0.2, -0.15) is 5.10 Å². The molecule has 0 unspecified atom stereocenters. The van der Waals surface area contributed by atoms with Gasteiger partial charge in [0.2, 0.25) is 0 Å². The number of nitrogens with zero attached hydrogens (tertiary/aromatic N) is 2. The third-order valence-electron chi connectivity index (χ3n) is 12.8. The van der Waals surface area contributed by atoms with Crippen LogP contribution in [0.15, 0.2) is 164 Å². The van der Waals surface area contributed by atoms with Crippen molar-refractivity contribution in [2.45, 2.75) is 71.3 Å². The van der Waals surface area contributed by atoms with Crippen molar-refractivity contribution in [1.29, 1.82) is 0 Å². The first-order valence-electron chi connectivity index (χ1n) is 23.7. The molecule has 0 aliphatic heterocycles. The number of rotatable bonds is 20. The van der Waals surface area contributed by atoms with Crippen LogP contribution in [-0.4, -0.2) is 39.6 Å². The van der Waals surface area contributed by atoms with Gasteiger partial charge in [0.05, 0.1) is 11.1 Å². The van der Waals surface area contributed by atoms with Gasteiger partial charge < -0.3 is 29.6 Å². The average molecular weight is 962 g/mol. The number of aromatic nitrogens is 3. The van der Waals surface area contributed by atoms with Gasteiger partial charge in [0, 0.05) is 28.3 Å². The van der Waals surface area contributed by atoms with Crippen LogP contribution in [0.2, 0.25) is 0 Å². The monoisotopic (exact) mass is 961 g/mol. The summed E-state index contributed by atoms with van der Waals surface area (Å²) < 4.78 is 24.5. The van der Waals surface area contributed by atoms with Gasteiger partial charge in [0.25, 0.3) is 11.8 Å². The number of hydrogen-bond donors (Lipinski definition) is 3. The smallest absolute Gasteiger partial charge is 0.256 e. The minimum Gasteiger partial charge on any atom is -0.457 e. The summed E-state index contributed by atoms with van der Waals surface area (Å²) >= 11 is 0. The predicted molar refractivity (Wildman–Crippen MR) is 276 cm³/mol. The van der Waals surface area contributed by atoms with E-state index in [9.17, 15) is 19.2 Å². The number of amides is 2. The van der Waals surface area contributed by atoms with Crippen LogP contribution in [0.5, 0.6) is 46.0 Å². The summed E-state index contributed by atoms with van der Waals surface area (Å²) in [5.74, 6) is 4.41. The molecule has 0 aliphatic rings. The number of ether oxygens (including phenoxy) is 4. The third kappa shape index (κ3) is 11.4. The van der Waals surface area contributed by atoms with E-state index in [4.69, 9.17) is 18.9 Å². The van der Waals surface area contributed by atoms with Gasteiger partial charge in [-0.1, -0.05) is 84.0 Å². The number of hydrogen-bond acceptors (Lipinski definition) is 10. The molecule has 72 heavy (non-hydrogen) atoms. The summed E-state index contributed by atoms with van der Waals surface area (Å²) in [5.41, 5.74) is 3.35. The standard InChI is InChI=1S/C59H55N5O8/c1-7-59(8-2,57-60-37-61-64-57)63-56(68)53-31-30-51(32-41(53)36-66)71-46-24-15-42(16-25-46)58(5,6)43-17-26-47(27-18-43)72-52-23-14-40(35-65)54(34-52)55(67)62-44-19-28-48(29-20-44)70-50-11-9-10-49(33-50)69-45-21-12-39(13-22-45)38(3)4/h9-38H,7-8H2,1-6H3,(H,62,67)(H,63,68)(H,60,61,64). The molecule has 13 heteroatoms. The van der Waals surface area contributed by atoms with Crippen molar-refractivity contribution in [3.05, 3.63) is 209 Å². The number of carbonyl (C=O) groups excluding carboxylic acids is 4. The molecule has 0 spiro atoms. The number of aldehydes is 2. The van der Waals surface area contributed by atoms with Crippen LogP contribution in [0.3, 0.4) is 0 Å². The number of carbonyl (C=O) groups is 4. The summed E-state index contributed by atoms with van der Waals surface area (Å²) in [6, 6.07) is 47.2. The van der Waals surface area contributed by atoms with E-state index in [0.717, 1.165) is 16.9 Å². The largest absolute Gasteiger partial charge is 0.457 e. The summed E-state index contributed by atoms with van der Waals surface area (Å²) in [6.07, 6.45) is 3.86. The highest BCUT2D eigenvalue weighted by atomic mass is 16.5. The van der Waals surface area contributed by atoms with E-state index in [1.807, 2.05) is 98.8 Å². The van der Waals surface area contributed by atoms with Crippen molar-refractivity contribution in [2.24, 2.45) is 0 Å². The molecule has 1 heterocycles. The Morgan fingerprint density at radius 3 is 1.56 bits per heavy atom. The Hall–Kier alpha value is -8.84. The maximum atomic E-state index is 13.6. The van der Waals surface area contributed by atoms with E-state index >= 15 is 0 Å². The average Bonchev–Trinajstić information content (AvgIpc) is 3.95. The molecule has 2 amide bonds. The van der Waals surface area contributed by atoms with E-state index in [0.29, 0.717) is 83.1 Å². The molecule has 13 nitrogen and oxygen atoms in total. The van der Waals surface area contributed by atoms with Crippen molar-refractivity contribution in [1.82, 2.24) is 20.5 Å². The van der Waals surface area contributed by atoms with Gasteiger partial charge in [-0.25, -0.2) is 4.98 Å². The van der Waals surface area contributed by atoms with Crippen LogP contribution >= 0.6 is 0 Å². The molecule has 0 saturated carbocycles. The first-order valence-corrected chi connectivity index (χ1v) is 23.7. The molecule has 1 aromatic heterocycles. The summed E-state index contributed by atoms with van der Waals surface area (Å²) in [6.45, 7) is 12.4. The third-order valence-corrected chi connectivity index (χ3v) is 12.8. The zero-order chi connectivity index (χ0) is 50.8. The number of aromatic amines is 1. The van der Waals surface area contributed by atoms with Crippen molar-refractivity contribution in [2.75, 3.05) is 5.32 Å². The number of anilines is 1. The van der Waals surface area contributed by atoms with Crippen LogP contribution in [0.25, 0.3) is 0 Å². The second-order valence-electron chi connectivity index (χ2n) is 18.1. The van der Waals surface area contributed by atoms with E-state index in [-0.39, 0.29) is 22.3 Å². The maximum absolute atomic E-state index is 13.6. The van der Waals surface area contributed by atoms with E-state index in [1.165, 1.54) is 11.9 Å². The summed E-state index contributed by atoms with van der Waals surface area (Å²) in [7, 11) is 0. The molecule has 3 N–H and O–H groups in total. The van der Waals surface area contributed by atoms with Crippen LogP contribution in [-0.2, 0) is 11.0 Å². The number of nitrogens with one attached hydrogen (secondary N) is 3. The van der Waals surface area contributed by atoms with Gasteiger partial charge in [-0.3, -0.25) is 24.3 Å². The lowest BCUT2D eigenvalue weighted by Gasteiger charge is -2.30. The van der Waals surface area contributed by atoms with E-state index < -0.39 is 22.8 Å². The van der Waals surface area contributed by atoms with E-state index in [1.54, 1.807) is 60.7 Å². The molecular weight excluding hydrogens is 907 g/mol. The van der Waals surface area contributed by atoms with Gasteiger partial charge >= 0.3 is 0 Å². The van der Waals surface area contributed by atoms with Crippen LogP contribution in [0.4, 0.5) is 5.69 Å². The second-order valence-corrected chi connectivity index (χ2v) is 18.1. The molecule has 0 bridgehead atoms. The molecule has 8 aromatic rings.